The van der Waals surface area contributed by atoms with Crippen molar-refractivity contribution < 1.29 is 9.84 Å². The number of nitrogens with one attached hydrogen (secondary N) is 1. The van der Waals surface area contributed by atoms with E-state index < -0.39 is 6.10 Å². The highest BCUT2D eigenvalue weighted by molar-refractivity contribution is 6.31. The Morgan fingerprint density at radius 3 is 2.80 bits per heavy atom. The zero-order valence-corrected chi connectivity index (χ0v) is 12.0. The highest BCUT2D eigenvalue weighted by Gasteiger charge is 2.10. The van der Waals surface area contributed by atoms with Gasteiger partial charge in [-0.25, -0.2) is 4.98 Å². The van der Waals surface area contributed by atoms with E-state index in [1.807, 2.05) is 30.3 Å². The first kappa shape index (κ1) is 14.8. The lowest BCUT2D eigenvalue weighted by Gasteiger charge is -2.13. The predicted octanol–water partition coefficient (Wildman–Crippen LogP) is 2.57. The maximum atomic E-state index is 10.1. The van der Waals surface area contributed by atoms with Crippen molar-refractivity contribution in [3.8, 4) is 5.88 Å². The first-order chi connectivity index (χ1) is 9.70. The first-order valence-corrected chi connectivity index (χ1v) is 6.71. The standard InChI is InChI=1S/C15H17ClN2O2/c1-20-15-8-4-5-11(18-15)9-17-10-14(19)12-6-2-3-7-13(12)16/h2-8,14,17,19H,9-10H2,1H3/t14-/m1/s1. The van der Waals surface area contributed by atoms with Gasteiger partial charge in [-0.3, -0.25) is 0 Å². The van der Waals surface area contributed by atoms with Crippen LogP contribution in [0.4, 0.5) is 0 Å². The molecule has 0 spiro atoms. The van der Waals surface area contributed by atoms with Gasteiger partial charge in [-0.05, 0) is 12.1 Å². The summed E-state index contributed by atoms with van der Waals surface area (Å²) in [5, 5.41) is 13.8. The van der Waals surface area contributed by atoms with Gasteiger partial charge in [0.15, 0.2) is 0 Å². The minimum absolute atomic E-state index is 0.405. The normalized spacial score (nSPS) is 12.2. The van der Waals surface area contributed by atoms with Crippen LogP contribution < -0.4 is 10.1 Å². The molecule has 106 valence electrons. The molecule has 2 N–H and O–H groups in total. The highest BCUT2D eigenvalue weighted by Crippen LogP contribution is 2.21. The molecule has 1 aromatic carbocycles. The lowest BCUT2D eigenvalue weighted by molar-refractivity contribution is 0.174. The summed E-state index contributed by atoms with van der Waals surface area (Å²) in [6.07, 6.45) is -0.644. The molecule has 1 atom stereocenters. The molecule has 0 aliphatic rings. The van der Waals surface area contributed by atoms with Gasteiger partial charge in [0.05, 0.1) is 18.9 Å². The van der Waals surface area contributed by atoms with Crippen molar-refractivity contribution in [2.75, 3.05) is 13.7 Å². The molecule has 0 fully saturated rings. The Kier molecular flexibility index (Phi) is 5.35. The number of methoxy groups -OCH3 is 1. The molecule has 1 aromatic heterocycles. The Labute approximate surface area is 123 Å². The monoisotopic (exact) mass is 292 g/mol. The molecule has 0 amide bonds. The number of nitrogens with zero attached hydrogens (tertiary/aromatic N) is 1. The SMILES string of the molecule is COc1cccc(CNC[C@@H](O)c2ccccc2Cl)n1. The van der Waals surface area contributed by atoms with Crippen molar-refractivity contribution in [1.29, 1.82) is 0 Å². The number of halogens is 1. The van der Waals surface area contributed by atoms with Crippen molar-refractivity contribution in [3.63, 3.8) is 0 Å². The molecule has 0 aliphatic carbocycles. The fourth-order valence-corrected chi connectivity index (χ4v) is 2.12. The molecular weight excluding hydrogens is 276 g/mol. The molecule has 0 bridgehead atoms. The van der Waals surface area contributed by atoms with Crippen LogP contribution in [0.3, 0.4) is 0 Å². The molecule has 4 nitrogen and oxygen atoms in total. The van der Waals surface area contributed by atoms with Crippen LogP contribution in [-0.2, 0) is 6.54 Å². The van der Waals surface area contributed by atoms with E-state index >= 15 is 0 Å². The summed E-state index contributed by atoms with van der Waals surface area (Å²) in [4.78, 5) is 4.29. The van der Waals surface area contributed by atoms with Gasteiger partial charge >= 0.3 is 0 Å². The number of benzene rings is 1. The zero-order chi connectivity index (χ0) is 14.4. The molecule has 2 rings (SSSR count). The molecule has 0 unspecified atom stereocenters. The smallest absolute Gasteiger partial charge is 0.213 e. The quantitative estimate of drug-likeness (QED) is 0.859. The number of aliphatic hydroxyl groups is 1. The van der Waals surface area contributed by atoms with Gasteiger partial charge < -0.3 is 15.2 Å². The second-order valence-electron chi connectivity index (χ2n) is 4.34. The van der Waals surface area contributed by atoms with E-state index in [-0.39, 0.29) is 0 Å². The molecule has 0 saturated heterocycles. The van der Waals surface area contributed by atoms with Gasteiger partial charge in [0.1, 0.15) is 0 Å². The van der Waals surface area contributed by atoms with E-state index in [9.17, 15) is 5.11 Å². The summed E-state index contributed by atoms with van der Waals surface area (Å²) in [6, 6.07) is 12.9. The largest absolute Gasteiger partial charge is 0.481 e. The Bertz CT molecular complexity index is 563. The predicted molar refractivity (Wildman–Crippen MR) is 78.9 cm³/mol. The van der Waals surface area contributed by atoms with Gasteiger partial charge in [0.2, 0.25) is 5.88 Å². The number of ether oxygens (including phenoxy) is 1. The molecule has 0 aliphatic heterocycles. The third-order valence-corrected chi connectivity index (χ3v) is 3.24. The van der Waals surface area contributed by atoms with Gasteiger partial charge in [-0.2, -0.15) is 0 Å². The molecule has 5 heteroatoms. The van der Waals surface area contributed by atoms with E-state index in [0.717, 1.165) is 11.3 Å². The van der Waals surface area contributed by atoms with E-state index in [0.29, 0.717) is 24.0 Å². The first-order valence-electron chi connectivity index (χ1n) is 6.34. The molecule has 1 heterocycles. The van der Waals surface area contributed by atoms with E-state index in [1.54, 1.807) is 19.2 Å². The van der Waals surface area contributed by atoms with Crippen LogP contribution in [0.1, 0.15) is 17.4 Å². The van der Waals surface area contributed by atoms with E-state index in [2.05, 4.69) is 10.3 Å². The fourth-order valence-electron chi connectivity index (χ4n) is 1.86. The molecule has 20 heavy (non-hydrogen) atoms. The van der Waals surface area contributed by atoms with Gasteiger partial charge in [0.25, 0.3) is 0 Å². The van der Waals surface area contributed by atoms with Crippen LogP contribution in [0.15, 0.2) is 42.5 Å². The number of hydrogen-bond donors (Lipinski definition) is 2. The number of hydrogen-bond acceptors (Lipinski definition) is 4. The highest BCUT2D eigenvalue weighted by atomic mass is 35.5. The second kappa shape index (κ2) is 7.24. The maximum absolute atomic E-state index is 10.1. The lowest BCUT2D eigenvalue weighted by Crippen LogP contribution is -2.21. The van der Waals surface area contributed by atoms with Crippen molar-refractivity contribution in [2.24, 2.45) is 0 Å². The van der Waals surface area contributed by atoms with Crippen LogP contribution in [-0.4, -0.2) is 23.7 Å². The third kappa shape index (κ3) is 3.93. The summed E-state index contributed by atoms with van der Waals surface area (Å²) in [5.41, 5.74) is 1.58. The van der Waals surface area contributed by atoms with Gasteiger partial charge in [-0.15, -0.1) is 0 Å². The molecule has 0 saturated carbocycles. The van der Waals surface area contributed by atoms with Crippen molar-refractivity contribution in [3.05, 3.63) is 58.7 Å². The van der Waals surface area contributed by atoms with Crippen LogP contribution in [0.5, 0.6) is 5.88 Å². The summed E-state index contributed by atoms with van der Waals surface area (Å²) >= 11 is 6.04. The summed E-state index contributed by atoms with van der Waals surface area (Å²) in [6.45, 7) is 0.960. The summed E-state index contributed by atoms with van der Waals surface area (Å²) in [5.74, 6) is 0.580. The van der Waals surface area contributed by atoms with E-state index in [4.69, 9.17) is 16.3 Å². The lowest BCUT2D eigenvalue weighted by atomic mass is 10.1. The Morgan fingerprint density at radius 2 is 2.05 bits per heavy atom. The zero-order valence-electron chi connectivity index (χ0n) is 11.2. The summed E-state index contributed by atoms with van der Waals surface area (Å²) in [7, 11) is 1.58. The van der Waals surface area contributed by atoms with Crippen LogP contribution >= 0.6 is 11.6 Å². The van der Waals surface area contributed by atoms with E-state index in [1.165, 1.54) is 0 Å². The minimum Gasteiger partial charge on any atom is -0.481 e. The number of rotatable bonds is 6. The third-order valence-electron chi connectivity index (χ3n) is 2.90. The fraction of sp³-hybridized carbons (Fsp3) is 0.267. The number of pyridine rings is 1. The van der Waals surface area contributed by atoms with Crippen LogP contribution in [0.25, 0.3) is 0 Å². The Morgan fingerprint density at radius 1 is 1.25 bits per heavy atom. The number of aliphatic hydroxyl groups excluding tert-OH is 1. The Hall–Kier alpha value is -1.62. The van der Waals surface area contributed by atoms with Crippen molar-refractivity contribution in [2.45, 2.75) is 12.6 Å². The van der Waals surface area contributed by atoms with Crippen LogP contribution in [0, 0.1) is 0 Å². The van der Waals surface area contributed by atoms with Gasteiger partial charge in [0, 0.05) is 29.7 Å². The van der Waals surface area contributed by atoms with Crippen molar-refractivity contribution >= 4 is 11.6 Å². The maximum Gasteiger partial charge on any atom is 0.213 e. The molecular formula is C15H17ClN2O2. The second-order valence-corrected chi connectivity index (χ2v) is 4.75. The minimum atomic E-state index is -0.644. The topological polar surface area (TPSA) is 54.4 Å². The van der Waals surface area contributed by atoms with Crippen molar-refractivity contribution in [1.82, 2.24) is 10.3 Å². The summed E-state index contributed by atoms with van der Waals surface area (Å²) < 4.78 is 5.06. The molecule has 0 radical (unpaired) electrons. The average Bonchev–Trinajstić information content (AvgIpc) is 2.48. The van der Waals surface area contributed by atoms with Gasteiger partial charge in [-0.1, -0.05) is 35.9 Å². The number of aromatic nitrogens is 1. The Balaban J connectivity index is 1.88. The molecule has 2 aromatic rings. The van der Waals surface area contributed by atoms with Crippen LogP contribution in [0.2, 0.25) is 5.02 Å². The average molecular weight is 293 g/mol.